The molecule has 5 aliphatic heterocycles. The number of hydrogen-bond donors (Lipinski definition) is 3. The molecule has 9 aromatic rings. The number of rotatable bonds is 11. The van der Waals surface area contributed by atoms with E-state index in [0.717, 1.165) is 135 Å². The van der Waals surface area contributed by atoms with Crippen LogP contribution in [0.2, 0.25) is 0 Å². The molecule has 6 aromatic carbocycles. The van der Waals surface area contributed by atoms with E-state index in [1.807, 2.05) is 71.6 Å². The lowest BCUT2D eigenvalue weighted by Gasteiger charge is -2.16. The van der Waals surface area contributed by atoms with E-state index in [2.05, 4.69) is 54.9 Å². The molecular formula is C67H65BrF3N9O5. The zero-order valence-electron chi connectivity index (χ0n) is 47.6. The zero-order chi connectivity index (χ0) is 58.9. The zero-order valence-corrected chi connectivity index (χ0v) is 49.2. The van der Waals surface area contributed by atoms with Gasteiger partial charge in [0.2, 0.25) is 0 Å². The van der Waals surface area contributed by atoms with Crippen LogP contribution in [0.1, 0.15) is 74.4 Å². The van der Waals surface area contributed by atoms with E-state index in [1.165, 1.54) is 29.3 Å². The van der Waals surface area contributed by atoms with Gasteiger partial charge in [-0.3, -0.25) is 28.7 Å². The average molecular weight is 1210 g/mol. The second-order valence-electron chi connectivity index (χ2n) is 22.5. The quantitative estimate of drug-likeness (QED) is 0.114. The Balaban J connectivity index is 0.000000126. The fraction of sp³-hybridized carbons (Fsp3) is 0.269. The summed E-state index contributed by atoms with van der Waals surface area (Å²) in [6.45, 7) is 8.47. The van der Waals surface area contributed by atoms with Gasteiger partial charge in [-0.25, -0.2) is 13.2 Å². The summed E-state index contributed by atoms with van der Waals surface area (Å²) in [7, 11) is 6.12. The van der Waals surface area contributed by atoms with Crippen molar-refractivity contribution in [3.63, 3.8) is 0 Å². The van der Waals surface area contributed by atoms with Crippen LogP contribution in [0.15, 0.2) is 144 Å². The van der Waals surface area contributed by atoms with Crippen molar-refractivity contribution in [1.29, 1.82) is 0 Å². The fourth-order valence-corrected chi connectivity index (χ4v) is 12.7. The SMILES string of the molecule is CN1Cc2nn(Cc3cc(O)cc(Br)c3)c(-c3ccccc3F)c2C1.CN1Cc2nn(Cc3cc(O)cc(C4=CCOCC4)c3)c(-c3ccccc3F)c2C1.CN1Cc2nn(Cc3cc(O)cc(C4=CCOCC4)c3)c(-c3ccccc3F)c2C1. The Kier molecular flexibility index (Phi) is 16.8. The first-order valence-corrected chi connectivity index (χ1v) is 29.2. The number of hydrogen-bond acceptors (Lipinski definition) is 11. The van der Waals surface area contributed by atoms with Crippen molar-refractivity contribution in [2.45, 2.75) is 71.7 Å². The first-order chi connectivity index (χ1) is 41.2. The van der Waals surface area contributed by atoms with Crippen LogP contribution in [0.4, 0.5) is 13.2 Å². The second-order valence-corrected chi connectivity index (χ2v) is 23.4. The fourth-order valence-electron chi connectivity index (χ4n) is 12.2. The number of fused-ring (bicyclic) bond motifs is 3. The topological polar surface area (TPSA) is 142 Å². The van der Waals surface area contributed by atoms with Gasteiger partial charge in [0.15, 0.2) is 0 Å². The minimum atomic E-state index is -0.252. The van der Waals surface area contributed by atoms with Gasteiger partial charge in [0.1, 0.15) is 34.7 Å². The van der Waals surface area contributed by atoms with Gasteiger partial charge in [-0.2, -0.15) is 15.3 Å². The maximum atomic E-state index is 14.7. The number of nitrogens with zero attached hydrogens (tertiary/aromatic N) is 9. The molecule has 5 aliphatic rings. The maximum absolute atomic E-state index is 14.7. The van der Waals surface area contributed by atoms with E-state index in [0.29, 0.717) is 62.8 Å². The van der Waals surface area contributed by atoms with Crippen LogP contribution < -0.4 is 0 Å². The highest BCUT2D eigenvalue weighted by Gasteiger charge is 2.31. The summed E-state index contributed by atoms with van der Waals surface area (Å²) in [5.74, 6) is -0.113. The van der Waals surface area contributed by atoms with E-state index in [9.17, 15) is 28.5 Å². The first-order valence-electron chi connectivity index (χ1n) is 28.4. The van der Waals surface area contributed by atoms with Crippen LogP contribution in [0, 0.1) is 17.5 Å². The van der Waals surface area contributed by atoms with Crippen LogP contribution in [-0.4, -0.2) is 107 Å². The molecular weight excluding hydrogens is 1150 g/mol. The summed E-state index contributed by atoms with van der Waals surface area (Å²) in [6.07, 6.45) is 5.77. The normalized spacial score (nSPS) is 15.8. The Bertz CT molecular complexity index is 3840. The summed E-state index contributed by atoms with van der Waals surface area (Å²) >= 11 is 3.40. The average Bonchev–Trinajstić information content (AvgIpc) is 2.98. The molecule has 85 heavy (non-hydrogen) atoms. The molecule has 0 fully saturated rings. The maximum Gasteiger partial charge on any atom is 0.132 e. The lowest BCUT2D eigenvalue weighted by molar-refractivity contribution is 0.161. The van der Waals surface area contributed by atoms with Gasteiger partial charge in [0, 0.05) is 77.1 Å². The van der Waals surface area contributed by atoms with Crippen molar-refractivity contribution in [3.8, 4) is 51.0 Å². The van der Waals surface area contributed by atoms with Gasteiger partial charge in [-0.05, 0) is 164 Å². The molecule has 18 heteroatoms. The molecule has 0 spiro atoms. The largest absolute Gasteiger partial charge is 0.508 e. The van der Waals surface area contributed by atoms with Crippen molar-refractivity contribution in [2.24, 2.45) is 0 Å². The van der Waals surface area contributed by atoms with Crippen LogP contribution in [-0.2, 0) is 68.4 Å². The van der Waals surface area contributed by atoms with Crippen LogP contribution in [0.25, 0.3) is 44.9 Å². The van der Waals surface area contributed by atoms with Gasteiger partial charge >= 0.3 is 0 Å². The van der Waals surface area contributed by atoms with E-state index in [4.69, 9.17) is 24.8 Å². The summed E-state index contributed by atoms with van der Waals surface area (Å²) in [6, 6.07) is 37.0. The number of halogens is 4. The van der Waals surface area contributed by atoms with Crippen molar-refractivity contribution < 1.29 is 38.0 Å². The highest BCUT2D eigenvalue weighted by molar-refractivity contribution is 9.10. The molecule has 0 radical (unpaired) electrons. The van der Waals surface area contributed by atoms with Gasteiger partial charge in [-0.1, -0.05) is 64.5 Å². The summed E-state index contributed by atoms with van der Waals surface area (Å²) in [5.41, 5.74) is 17.5. The summed E-state index contributed by atoms with van der Waals surface area (Å²) in [5, 5.41) is 44.8. The standard InChI is InChI=1S/2C24H24FN3O2.C19H17BrFN3O/c2*1-27-14-21-23(15-27)26-28(24(21)20-4-2-3-5-22(20)25)13-16-10-18(12-19(29)11-16)17-6-8-30-9-7-17;1-23-10-16-18(11-23)22-24(9-12-6-13(20)8-14(25)7-12)19(16)15-4-2-3-5-17(15)21/h2*2-6,10-12,29H,7-9,13-15H2,1H3;2-8,25H,9-11H2,1H3. The number of aromatic hydroxyl groups is 3. The molecule has 0 atom stereocenters. The van der Waals surface area contributed by atoms with Crippen molar-refractivity contribution in [3.05, 3.63) is 223 Å². The third-order valence-electron chi connectivity index (χ3n) is 15.9. The Morgan fingerprint density at radius 1 is 0.447 bits per heavy atom. The molecule has 0 aliphatic carbocycles. The van der Waals surface area contributed by atoms with Gasteiger partial charge in [-0.15, -0.1) is 0 Å². The van der Waals surface area contributed by atoms with E-state index >= 15 is 0 Å². The molecule has 0 saturated heterocycles. The molecule has 0 amide bonds. The van der Waals surface area contributed by atoms with Gasteiger partial charge in [0.05, 0.1) is 80.2 Å². The molecule has 0 bridgehead atoms. The predicted octanol–water partition coefficient (Wildman–Crippen LogP) is 12.5. The molecule has 14 nitrogen and oxygen atoms in total. The molecule has 436 valence electrons. The first kappa shape index (κ1) is 57.3. The minimum absolute atomic E-state index is 0.191. The summed E-state index contributed by atoms with van der Waals surface area (Å²) < 4.78 is 61.1. The molecule has 0 saturated carbocycles. The molecule has 8 heterocycles. The molecule has 0 unspecified atom stereocenters. The van der Waals surface area contributed by atoms with Crippen molar-refractivity contribution >= 4 is 27.1 Å². The number of ether oxygens (including phenoxy) is 2. The van der Waals surface area contributed by atoms with Crippen LogP contribution in [0.5, 0.6) is 17.2 Å². The summed E-state index contributed by atoms with van der Waals surface area (Å²) in [4.78, 5) is 6.52. The molecule has 3 aromatic heterocycles. The Morgan fingerprint density at radius 3 is 1.12 bits per heavy atom. The smallest absolute Gasteiger partial charge is 0.132 e. The lowest BCUT2D eigenvalue weighted by atomic mass is 9.99. The number of phenols is 3. The van der Waals surface area contributed by atoms with Gasteiger partial charge in [0.25, 0.3) is 0 Å². The van der Waals surface area contributed by atoms with E-state index in [1.54, 1.807) is 60.7 Å². The van der Waals surface area contributed by atoms with E-state index < -0.39 is 0 Å². The van der Waals surface area contributed by atoms with Crippen LogP contribution >= 0.6 is 15.9 Å². The number of phenolic OH excluding ortho intramolecular Hbond substituents is 3. The highest BCUT2D eigenvalue weighted by Crippen LogP contribution is 2.39. The second kappa shape index (κ2) is 24.8. The third-order valence-corrected chi connectivity index (χ3v) is 16.4. The lowest BCUT2D eigenvalue weighted by Crippen LogP contribution is -2.13. The third kappa shape index (κ3) is 12.7. The van der Waals surface area contributed by atoms with Crippen molar-refractivity contribution in [1.82, 2.24) is 44.0 Å². The number of aromatic nitrogens is 6. The van der Waals surface area contributed by atoms with E-state index in [-0.39, 0.29) is 34.7 Å². The highest BCUT2D eigenvalue weighted by atomic mass is 79.9. The monoisotopic (exact) mass is 1210 g/mol. The Morgan fingerprint density at radius 2 is 0.788 bits per heavy atom. The van der Waals surface area contributed by atoms with Crippen molar-refractivity contribution in [2.75, 3.05) is 47.6 Å². The van der Waals surface area contributed by atoms with Crippen LogP contribution in [0.3, 0.4) is 0 Å². The van der Waals surface area contributed by atoms with Gasteiger partial charge < -0.3 is 24.8 Å². The molecule has 3 N–H and O–H groups in total. The Labute approximate surface area is 500 Å². The minimum Gasteiger partial charge on any atom is -0.508 e. The Hall–Kier alpha value is -8.10. The molecule has 14 rings (SSSR count). The predicted molar refractivity (Wildman–Crippen MR) is 325 cm³/mol. The number of benzene rings is 6.